The Kier molecular flexibility index (Phi) is 7.94. The van der Waals surface area contributed by atoms with E-state index < -0.39 is 0 Å². The summed E-state index contributed by atoms with van der Waals surface area (Å²) in [6.45, 7) is 8.51. The van der Waals surface area contributed by atoms with Gasteiger partial charge in [-0.3, -0.25) is 0 Å². The van der Waals surface area contributed by atoms with Crippen molar-refractivity contribution < 1.29 is 0 Å². The number of nitrogens with zero attached hydrogens (tertiary/aromatic N) is 2. The van der Waals surface area contributed by atoms with Crippen molar-refractivity contribution in [1.29, 1.82) is 0 Å². The van der Waals surface area contributed by atoms with Gasteiger partial charge in [0.25, 0.3) is 0 Å². The van der Waals surface area contributed by atoms with Crippen molar-refractivity contribution in [3.8, 4) is 0 Å². The van der Waals surface area contributed by atoms with Gasteiger partial charge in [-0.05, 0) is 19.3 Å². The second-order valence-corrected chi connectivity index (χ2v) is 5.34. The molecular weight excluding hydrogens is 236 g/mol. The SMILES string of the molecule is CCNc1cc(NCCCCCCC(C)C)ncn1. The lowest BCUT2D eigenvalue weighted by Crippen LogP contribution is -2.05. The minimum Gasteiger partial charge on any atom is -0.370 e. The maximum Gasteiger partial charge on any atom is 0.131 e. The Balaban J connectivity index is 2.10. The van der Waals surface area contributed by atoms with Gasteiger partial charge in [0, 0.05) is 19.2 Å². The van der Waals surface area contributed by atoms with Crippen LogP contribution in [0.15, 0.2) is 12.4 Å². The minimum atomic E-state index is 0.837. The second kappa shape index (κ2) is 9.59. The van der Waals surface area contributed by atoms with Crippen LogP contribution in [0.5, 0.6) is 0 Å². The third-order valence-electron chi connectivity index (χ3n) is 3.04. The van der Waals surface area contributed by atoms with E-state index in [9.17, 15) is 0 Å². The molecule has 0 aliphatic rings. The summed E-state index contributed by atoms with van der Waals surface area (Å²) in [5.74, 6) is 2.63. The molecule has 0 fully saturated rings. The summed E-state index contributed by atoms with van der Waals surface area (Å²) in [5, 5.41) is 6.54. The van der Waals surface area contributed by atoms with E-state index in [1.54, 1.807) is 6.33 Å². The minimum absolute atomic E-state index is 0.837. The van der Waals surface area contributed by atoms with Crippen molar-refractivity contribution in [2.45, 2.75) is 52.9 Å². The molecule has 4 nitrogen and oxygen atoms in total. The fourth-order valence-electron chi connectivity index (χ4n) is 1.98. The third kappa shape index (κ3) is 7.65. The van der Waals surface area contributed by atoms with Crippen LogP contribution in [0.3, 0.4) is 0 Å². The zero-order valence-corrected chi connectivity index (χ0v) is 12.6. The quantitative estimate of drug-likeness (QED) is 0.629. The number of unbranched alkanes of at least 4 members (excludes halogenated alkanes) is 3. The lowest BCUT2D eigenvalue weighted by Gasteiger charge is -2.08. The predicted molar refractivity (Wildman–Crippen MR) is 82.6 cm³/mol. The summed E-state index contributed by atoms with van der Waals surface area (Å²) in [6, 6.07) is 1.96. The lowest BCUT2D eigenvalue weighted by molar-refractivity contribution is 0.523. The van der Waals surface area contributed by atoms with Crippen LogP contribution in [-0.4, -0.2) is 23.1 Å². The molecule has 1 rings (SSSR count). The molecule has 4 heteroatoms. The Morgan fingerprint density at radius 2 is 1.68 bits per heavy atom. The molecule has 0 atom stereocenters. The van der Waals surface area contributed by atoms with Gasteiger partial charge < -0.3 is 10.6 Å². The Morgan fingerprint density at radius 1 is 1.00 bits per heavy atom. The highest BCUT2D eigenvalue weighted by atomic mass is 15.1. The number of hydrogen-bond acceptors (Lipinski definition) is 4. The first-order valence-electron chi connectivity index (χ1n) is 7.52. The monoisotopic (exact) mass is 264 g/mol. The van der Waals surface area contributed by atoms with Crippen LogP contribution in [0.2, 0.25) is 0 Å². The predicted octanol–water partition coefficient (Wildman–Crippen LogP) is 3.93. The molecule has 108 valence electrons. The van der Waals surface area contributed by atoms with E-state index >= 15 is 0 Å². The van der Waals surface area contributed by atoms with E-state index in [2.05, 4.69) is 41.4 Å². The van der Waals surface area contributed by atoms with Crippen LogP contribution in [-0.2, 0) is 0 Å². The summed E-state index contributed by atoms with van der Waals surface area (Å²) >= 11 is 0. The van der Waals surface area contributed by atoms with Crippen molar-refractivity contribution in [2.75, 3.05) is 23.7 Å². The fourth-order valence-corrected chi connectivity index (χ4v) is 1.98. The molecule has 0 aliphatic carbocycles. The zero-order chi connectivity index (χ0) is 13.9. The van der Waals surface area contributed by atoms with Gasteiger partial charge >= 0.3 is 0 Å². The van der Waals surface area contributed by atoms with Crippen molar-refractivity contribution in [2.24, 2.45) is 5.92 Å². The maximum atomic E-state index is 4.22. The molecule has 1 heterocycles. The number of hydrogen-bond donors (Lipinski definition) is 2. The second-order valence-electron chi connectivity index (χ2n) is 5.34. The molecule has 0 saturated carbocycles. The Morgan fingerprint density at radius 3 is 2.37 bits per heavy atom. The van der Waals surface area contributed by atoms with Crippen LogP contribution in [0, 0.1) is 5.92 Å². The van der Waals surface area contributed by atoms with E-state index in [0.717, 1.165) is 30.6 Å². The Bertz CT molecular complexity index is 339. The summed E-state index contributed by atoms with van der Waals surface area (Å²) in [5.41, 5.74) is 0. The molecule has 0 radical (unpaired) electrons. The van der Waals surface area contributed by atoms with Crippen LogP contribution in [0.25, 0.3) is 0 Å². The van der Waals surface area contributed by atoms with Gasteiger partial charge in [-0.25, -0.2) is 9.97 Å². The first-order valence-corrected chi connectivity index (χ1v) is 7.52. The normalized spacial score (nSPS) is 10.7. The highest BCUT2D eigenvalue weighted by molar-refractivity contribution is 5.46. The van der Waals surface area contributed by atoms with Gasteiger partial charge in [-0.15, -0.1) is 0 Å². The maximum absolute atomic E-state index is 4.22. The highest BCUT2D eigenvalue weighted by Gasteiger charge is 1.98. The zero-order valence-electron chi connectivity index (χ0n) is 12.6. The first kappa shape index (κ1) is 15.7. The van der Waals surface area contributed by atoms with Crippen LogP contribution >= 0.6 is 0 Å². The number of rotatable bonds is 10. The molecule has 0 saturated heterocycles. The number of nitrogens with one attached hydrogen (secondary N) is 2. The van der Waals surface area contributed by atoms with Crippen LogP contribution in [0.1, 0.15) is 52.9 Å². The molecule has 1 aromatic heterocycles. The van der Waals surface area contributed by atoms with Gasteiger partial charge in [-0.2, -0.15) is 0 Å². The third-order valence-corrected chi connectivity index (χ3v) is 3.04. The molecule has 2 N–H and O–H groups in total. The van der Waals surface area contributed by atoms with Crippen molar-refractivity contribution in [3.05, 3.63) is 12.4 Å². The molecule has 0 amide bonds. The fraction of sp³-hybridized carbons (Fsp3) is 0.733. The molecule has 0 unspecified atom stereocenters. The van der Waals surface area contributed by atoms with Crippen LogP contribution in [0.4, 0.5) is 11.6 Å². The standard InChI is InChI=1S/C15H28N4/c1-4-16-14-11-15(19-12-18-14)17-10-8-6-5-7-9-13(2)3/h11-13H,4-10H2,1-3H3,(H2,16,17,18,19). The average molecular weight is 264 g/mol. The summed E-state index contributed by atoms with van der Waals surface area (Å²) in [6.07, 6.45) is 8.15. The summed E-state index contributed by atoms with van der Waals surface area (Å²) in [7, 11) is 0. The molecule has 0 aromatic carbocycles. The van der Waals surface area contributed by atoms with E-state index in [4.69, 9.17) is 0 Å². The number of anilines is 2. The summed E-state index contributed by atoms with van der Waals surface area (Å²) in [4.78, 5) is 8.37. The van der Waals surface area contributed by atoms with Gasteiger partial charge in [0.1, 0.15) is 18.0 Å². The molecule has 0 spiro atoms. The lowest BCUT2D eigenvalue weighted by atomic mass is 10.0. The van der Waals surface area contributed by atoms with E-state index in [1.165, 1.54) is 32.1 Å². The molecular formula is C15H28N4. The molecule has 0 bridgehead atoms. The number of aromatic nitrogens is 2. The molecule has 19 heavy (non-hydrogen) atoms. The van der Waals surface area contributed by atoms with Gasteiger partial charge in [-0.1, -0.05) is 39.5 Å². The highest BCUT2D eigenvalue weighted by Crippen LogP contribution is 2.11. The largest absolute Gasteiger partial charge is 0.370 e. The van der Waals surface area contributed by atoms with E-state index in [-0.39, 0.29) is 0 Å². The average Bonchev–Trinajstić information content (AvgIpc) is 2.38. The first-order chi connectivity index (χ1) is 9.22. The van der Waals surface area contributed by atoms with E-state index in [1.807, 2.05) is 6.07 Å². The Hall–Kier alpha value is -1.32. The molecule has 0 aliphatic heterocycles. The Labute approximate surface area is 117 Å². The topological polar surface area (TPSA) is 49.8 Å². The smallest absolute Gasteiger partial charge is 0.131 e. The molecule has 1 aromatic rings. The van der Waals surface area contributed by atoms with Gasteiger partial charge in [0.2, 0.25) is 0 Å². The van der Waals surface area contributed by atoms with Crippen molar-refractivity contribution >= 4 is 11.6 Å². The van der Waals surface area contributed by atoms with Crippen molar-refractivity contribution in [3.63, 3.8) is 0 Å². The van der Waals surface area contributed by atoms with Crippen LogP contribution < -0.4 is 10.6 Å². The van der Waals surface area contributed by atoms with E-state index in [0.29, 0.717) is 0 Å². The van der Waals surface area contributed by atoms with Gasteiger partial charge in [0.15, 0.2) is 0 Å². The summed E-state index contributed by atoms with van der Waals surface area (Å²) < 4.78 is 0. The van der Waals surface area contributed by atoms with Crippen molar-refractivity contribution in [1.82, 2.24) is 9.97 Å². The van der Waals surface area contributed by atoms with Gasteiger partial charge in [0.05, 0.1) is 0 Å².